The van der Waals surface area contributed by atoms with E-state index in [-0.39, 0.29) is 16.3 Å². The van der Waals surface area contributed by atoms with Crippen molar-refractivity contribution in [2.75, 3.05) is 31.2 Å². The molecule has 0 spiro atoms. The first kappa shape index (κ1) is 26.4. The van der Waals surface area contributed by atoms with Crippen LogP contribution in [0.15, 0.2) is 70.7 Å². The zero-order valence-electron chi connectivity index (χ0n) is 20.5. The number of nitrogens with zero attached hydrogens (tertiary/aromatic N) is 3. The molecule has 0 aromatic heterocycles. The van der Waals surface area contributed by atoms with Gasteiger partial charge in [0.05, 0.1) is 28.8 Å². The minimum Gasteiger partial charge on any atom is -0.497 e. The first-order chi connectivity index (χ1) is 18.2. The lowest BCUT2D eigenvalue weighted by molar-refractivity contribution is -0.385. The molecule has 3 aromatic carbocycles. The summed E-state index contributed by atoms with van der Waals surface area (Å²) in [4.78, 5) is 23.2. The number of rotatable bonds is 9. The number of sulfonamides is 1. The van der Waals surface area contributed by atoms with Crippen LogP contribution >= 0.6 is 0 Å². The molecule has 13 heteroatoms. The largest absolute Gasteiger partial charge is 0.497 e. The molecule has 1 aliphatic rings. The number of nitro benzene ring substituents is 1. The number of amides is 1. The van der Waals surface area contributed by atoms with Gasteiger partial charge in [-0.2, -0.15) is 5.10 Å². The highest BCUT2D eigenvalue weighted by molar-refractivity contribution is 7.92. The molecule has 12 nitrogen and oxygen atoms in total. The lowest BCUT2D eigenvalue weighted by atomic mass is 10.2. The number of hydrazone groups is 1. The maximum atomic E-state index is 13.6. The number of hydrogen-bond acceptors (Lipinski definition) is 9. The van der Waals surface area contributed by atoms with Gasteiger partial charge in [0.1, 0.15) is 25.5 Å². The smallest absolute Gasteiger partial charge is 0.273 e. The van der Waals surface area contributed by atoms with E-state index in [4.69, 9.17) is 14.2 Å². The number of aryl methyl sites for hydroxylation is 1. The van der Waals surface area contributed by atoms with Crippen molar-refractivity contribution in [2.24, 2.45) is 5.10 Å². The minimum absolute atomic E-state index is 0.149. The Hall–Kier alpha value is -4.65. The number of benzene rings is 3. The number of nitro groups is 1. The summed E-state index contributed by atoms with van der Waals surface area (Å²) in [6.45, 7) is 1.64. The quantitative estimate of drug-likeness (QED) is 0.247. The average Bonchev–Trinajstić information content (AvgIpc) is 2.92. The van der Waals surface area contributed by atoms with Gasteiger partial charge in [0.2, 0.25) is 0 Å². The standard InChI is InChI=1S/C25H24N4O8S/c1-17-6-11-21(14-22(17)29(31)32)38(33,34)28(19-7-9-20(35-2)10-8-19)16-24(30)27-26-15-18-4-3-5-23-25(18)37-13-12-36-23/h3-11,14-15H,12-13,16H2,1-2H3,(H,27,30)/b26-15-. The molecule has 38 heavy (non-hydrogen) atoms. The lowest BCUT2D eigenvalue weighted by Crippen LogP contribution is -2.39. The van der Waals surface area contributed by atoms with Gasteiger partial charge in [-0.25, -0.2) is 13.8 Å². The van der Waals surface area contributed by atoms with Crippen LogP contribution in [0.3, 0.4) is 0 Å². The molecule has 1 N–H and O–H groups in total. The van der Waals surface area contributed by atoms with Crippen LogP contribution in [0.5, 0.6) is 17.2 Å². The Morgan fingerprint density at radius 2 is 1.89 bits per heavy atom. The van der Waals surface area contributed by atoms with Gasteiger partial charge in [-0.15, -0.1) is 0 Å². The summed E-state index contributed by atoms with van der Waals surface area (Å²) in [5, 5.41) is 15.3. The maximum Gasteiger partial charge on any atom is 0.273 e. The summed E-state index contributed by atoms with van der Waals surface area (Å²) in [6, 6.07) is 14.8. The van der Waals surface area contributed by atoms with Gasteiger partial charge in [-0.05, 0) is 49.4 Å². The van der Waals surface area contributed by atoms with E-state index in [0.717, 1.165) is 10.4 Å². The third-order valence-electron chi connectivity index (χ3n) is 5.60. The second-order valence-corrected chi connectivity index (χ2v) is 9.94. The van der Waals surface area contributed by atoms with E-state index in [1.807, 2.05) is 0 Å². The summed E-state index contributed by atoms with van der Waals surface area (Å²) in [5.74, 6) is 0.767. The van der Waals surface area contributed by atoms with Crippen LogP contribution in [0, 0.1) is 17.0 Å². The van der Waals surface area contributed by atoms with Crippen LogP contribution in [0.4, 0.5) is 11.4 Å². The van der Waals surface area contributed by atoms with E-state index in [1.165, 1.54) is 56.6 Å². The Balaban J connectivity index is 1.60. The van der Waals surface area contributed by atoms with Crippen LogP contribution in [-0.2, 0) is 14.8 Å². The van der Waals surface area contributed by atoms with Crippen LogP contribution in [0.25, 0.3) is 0 Å². The van der Waals surface area contributed by atoms with Crippen molar-refractivity contribution in [3.8, 4) is 17.2 Å². The van der Waals surface area contributed by atoms with Crippen LogP contribution in [-0.4, -0.2) is 52.3 Å². The predicted molar refractivity (Wildman–Crippen MR) is 139 cm³/mol. The number of anilines is 1. The summed E-state index contributed by atoms with van der Waals surface area (Å²) < 4.78 is 44.3. The lowest BCUT2D eigenvalue weighted by Gasteiger charge is -2.24. The molecule has 1 amide bonds. The molecule has 0 radical (unpaired) electrons. The number of fused-ring (bicyclic) bond motifs is 1. The Kier molecular flexibility index (Phi) is 7.76. The first-order valence-corrected chi connectivity index (χ1v) is 12.8. The molecule has 0 saturated heterocycles. The van der Waals surface area contributed by atoms with Gasteiger partial charge >= 0.3 is 0 Å². The first-order valence-electron chi connectivity index (χ1n) is 11.3. The maximum absolute atomic E-state index is 13.6. The van der Waals surface area contributed by atoms with E-state index in [0.29, 0.717) is 41.6 Å². The highest BCUT2D eigenvalue weighted by atomic mass is 32.2. The molecule has 1 heterocycles. The Morgan fingerprint density at radius 3 is 2.61 bits per heavy atom. The highest BCUT2D eigenvalue weighted by Crippen LogP contribution is 2.32. The Labute approximate surface area is 218 Å². The number of para-hydroxylation sites is 1. The minimum atomic E-state index is -4.39. The highest BCUT2D eigenvalue weighted by Gasteiger charge is 2.29. The van der Waals surface area contributed by atoms with Crippen molar-refractivity contribution >= 4 is 33.5 Å². The molecular weight excluding hydrogens is 516 g/mol. The normalized spacial score (nSPS) is 12.7. The van der Waals surface area contributed by atoms with Crippen molar-refractivity contribution in [3.05, 3.63) is 81.9 Å². The van der Waals surface area contributed by atoms with Gasteiger partial charge in [-0.1, -0.05) is 12.1 Å². The van der Waals surface area contributed by atoms with Gasteiger partial charge < -0.3 is 14.2 Å². The van der Waals surface area contributed by atoms with Gasteiger partial charge in [0.15, 0.2) is 11.5 Å². The molecule has 0 saturated carbocycles. The van der Waals surface area contributed by atoms with E-state index >= 15 is 0 Å². The third-order valence-corrected chi connectivity index (χ3v) is 7.37. The average molecular weight is 541 g/mol. The zero-order chi connectivity index (χ0) is 27.3. The number of hydrogen-bond donors (Lipinski definition) is 1. The van der Waals surface area contributed by atoms with Crippen molar-refractivity contribution in [1.82, 2.24) is 5.43 Å². The van der Waals surface area contributed by atoms with Crippen LogP contribution < -0.4 is 23.9 Å². The van der Waals surface area contributed by atoms with E-state index in [1.54, 1.807) is 18.2 Å². The van der Waals surface area contributed by atoms with Crippen molar-refractivity contribution < 1.29 is 32.3 Å². The van der Waals surface area contributed by atoms with E-state index < -0.39 is 27.4 Å². The molecule has 0 unspecified atom stereocenters. The molecular formula is C25H24N4O8S. The van der Waals surface area contributed by atoms with Crippen molar-refractivity contribution in [2.45, 2.75) is 11.8 Å². The fourth-order valence-corrected chi connectivity index (χ4v) is 5.12. The fraction of sp³-hybridized carbons (Fsp3) is 0.200. The summed E-state index contributed by atoms with van der Waals surface area (Å²) >= 11 is 0. The topological polar surface area (TPSA) is 150 Å². The summed E-state index contributed by atoms with van der Waals surface area (Å²) in [6.07, 6.45) is 1.36. The SMILES string of the molecule is COc1ccc(N(CC(=O)N/N=C\c2cccc3c2OCCO3)S(=O)(=O)c2ccc(C)c([N+](=O)[O-])c2)cc1. The molecule has 198 valence electrons. The Bertz CT molecular complexity index is 1490. The number of nitrogens with one attached hydrogen (secondary N) is 1. The second-order valence-electron chi connectivity index (χ2n) is 8.08. The van der Waals surface area contributed by atoms with Crippen molar-refractivity contribution in [1.29, 1.82) is 0 Å². The zero-order valence-corrected chi connectivity index (χ0v) is 21.3. The molecule has 0 aliphatic carbocycles. The van der Waals surface area contributed by atoms with Crippen LogP contribution in [0.1, 0.15) is 11.1 Å². The second kappa shape index (κ2) is 11.2. The summed E-state index contributed by atoms with van der Waals surface area (Å²) in [5.41, 5.74) is 2.98. The molecule has 0 fully saturated rings. The number of carbonyl (C=O) groups excluding carboxylic acids is 1. The Morgan fingerprint density at radius 1 is 1.16 bits per heavy atom. The molecule has 3 aromatic rings. The van der Waals surface area contributed by atoms with Gasteiger partial charge in [0, 0.05) is 17.2 Å². The molecule has 0 atom stereocenters. The third kappa shape index (κ3) is 5.67. The van der Waals surface area contributed by atoms with Crippen LogP contribution in [0.2, 0.25) is 0 Å². The molecule has 0 bridgehead atoms. The number of ether oxygens (including phenoxy) is 3. The van der Waals surface area contributed by atoms with Gasteiger partial charge in [0.25, 0.3) is 21.6 Å². The fourth-order valence-electron chi connectivity index (χ4n) is 3.67. The number of carbonyl (C=O) groups is 1. The predicted octanol–water partition coefficient (Wildman–Crippen LogP) is 3.03. The van der Waals surface area contributed by atoms with E-state index in [2.05, 4.69) is 10.5 Å². The number of methoxy groups -OCH3 is 1. The molecule has 4 rings (SSSR count). The monoisotopic (exact) mass is 540 g/mol. The van der Waals surface area contributed by atoms with Crippen molar-refractivity contribution in [3.63, 3.8) is 0 Å². The molecule has 1 aliphatic heterocycles. The van der Waals surface area contributed by atoms with E-state index in [9.17, 15) is 23.3 Å². The summed E-state index contributed by atoms with van der Waals surface area (Å²) in [7, 11) is -2.93. The van der Waals surface area contributed by atoms with Gasteiger partial charge in [-0.3, -0.25) is 19.2 Å².